The van der Waals surface area contributed by atoms with Gasteiger partial charge >= 0.3 is 0 Å². The quantitative estimate of drug-likeness (QED) is 0.879. The van der Waals surface area contributed by atoms with E-state index in [1.807, 2.05) is 0 Å². The van der Waals surface area contributed by atoms with Gasteiger partial charge in [0.25, 0.3) is 0 Å². The zero-order valence-corrected chi connectivity index (χ0v) is 11.0. The van der Waals surface area contributed by atoms with Crippen LogP contribution in [0, 0.1) is 0 Å². The molecule has 84 valence electrons. The lowest BCUT2D eigenvalue weighted by Crippen LogP contribution is -2.16. The van der Waals surface area contributed by atoms with Crippen LogP contribution in [0.25, 0.3) is 0 Å². The van der Waals surface area contributed by atoms with E-state index in [4.69, 9.17) is 5.73 Å². The Labute approximate surface area is 100.0 Å². The van der Waals surface area contributed by atoms with E-state index in [2.05, 4.69) is 40.5 Å². The molecule has 1 aliphatic carbocycles. The van der Waals surface area contributed by atoms with E-state index < -0.39 is 0 Å². The first-order valence-corrected chi connectivity index (χ1v) is 6.53. The Morgan fingerprint density at radius 2 is 2.33 bits per heavy atom. The van der Waals surface area contributed by atoms with E-state index in [0.29, 0.717) is 12.0 Å². The second-order valence-corrected chi connectivity index (χ2v) is 5.43. The molecule has 1 aliphatic rings. The fourth-order valence-corrected chi connectivity index (χ4v) is 3.40. The Bertz CT molecular complexity index is 355. The summed E-state index contributed by atoms with van der Waals surface area (Å²) in [5.74, 6) is 0.574. The third-order valence-electron chi connectivity index (χ3n) is 3.36. The third-order valence-corrected chi connectivity index (χ3v) is 4.25. The number of nitrogens with zero attached hydrogens (tertiary/aromatic N) is 1. The van der Waals surface area contributed by atoms with Crippen molar-refractivity contribution in [1.82, 2.24) is 4.57 Å². The highest BCUT2D eigenvalue weighted by Crippen LogP contribution is 2.37. The number of halogens is 1. The average Bonchev–Trinajstić information content (AvgIpc) is 2.56. The Morgan fingerprint density at radius 3 is 2.93 bits per heavy atom. The van der Waals surface area contributed by atoms with Gasteiger partial charge in [0.2, 0.25) is 0 Å². The highest BCUT2D eigenvalue weighted by Gasteiger charge is 2.24. The van der Waals surface area contributed by atoms with E-state index in [1.54, 1.807) is 0 Å². The molecule has 1 aromatic rings. The summed E-state index contributed by atoms with van der Waals surface area (Å²) in [6.07, 6.45) is 6.01. The maximum absolute atomic E-state index is 5.83. The van der Waals surface area contributed by atoms with Gasteiger partial charge < -0.3 is 10.3 Å². The van der Waals surface area contributed by atoms with Crippen molar-refractivity contribution in [2.45, 2.75) is 45.1 Å². The van der Waals surface area contributed by atoms with E-state index >= 15 is 0 Å². The molecule has 2 rings (SSSR count). The largest absolute Gasteiger partial charge is 0.339 e. The van der Waals surface area contributed by atoms with Crippen molar-refractivity contribution in [3.05, 3.63) is 21.9 Å². The van der Waals surface area contributed by atoms with Crippen LogP contribution >= 0.6 is 15.9 Å². The summed E-state index contributed by atoms with van der Waals surface area (Å²) < 4.78 is 3.59. The first-order chi connectivity index (χ1) is 7.15. The van der Waals surface area contributed by atoms with E-state index in [1.165, 1.54) is 35.0 Å². The van der Waals surface area contributed by atoms with Crippen molar-refractivity contribution in [2.24, 2.45) is 5.73 Å². The summed E-state index contributed by atoms with van der Waals surface area (Å²) in [5, 5.41) is 0. The summed E-state index contributed by atoms with van der Waals surface area (Å²) in [7, 11) is 0. The van der Waals surface area contributed by atoms with Crippen LogP contribution in [0.4, 0.5) is 0 Å². The van der Waals surface area contributed by atoms with Gasteiger partial charge in [-0.05, 0) is 72.6 Å². The molecule has 1 unspecified atom stereocenters. The van der Waals surface area contributed by atoms with Gasteiger partial charge in [0.1, 0.15) is 0 Å². The predicted octanol–water partition coefficient (Wildman–Crippen LogP) is 3.21. The molecule has 0 bridgehead atoms. The molecular weight excluding hydrogens is 252 g/mol. The van der Waals surface area contributed by atoms with E-state index in [0.717, 1.165) is 6.54 Å². The smallest absolute Gasteiger partial charge is 0.0884 e. The van der Waals surface area contributed by atoms with Crippen LogP contribution < -0.4 is 5.73 Å². The van der Waals surface area contributed by atoms with Crippen LogP contribution in [0.15, 0.2) is 10.8 Å². The molecule has 15 heavy (non-hydrogen) atoms. The van der Waals surface area contributed by atoms with Gasteiger partial charge in [-0.25, -0.2) is 0 Å². The van der Waals surface area contributed by atoms with E-state index in [-0.39, 0.29) is 0 Å². The van der Waals surface area contributed by atoms with Gasteiger partial charge in [-0.1, -0.05) is 0 Å². The number of aromatic nitrogens is 1. The molecular formula is C12H19BrN2. The van der Waals surface area contributed by atoms with Crippen molar-refractivity contribution in [1.29, 1.82) is 0 Å². The Hall–Kier alpha value is -0.280. The molecule has 3 heteroatoms. The lowest BCUT2D eigenvalue weighted by Gasteiger charge is -2.20. The summed E-state index contributed by atoms with van der Waals surface area (Å²) >= 11 is 3.72. The van der Waals surface area contributed by atoms with Crippen LogP contribution in [0.3, 0.4) is 0 Å². The van der Waals surface area contributed by atoms with Crippen LogP contribution in [-0.2, 0) is 6.42 Å². The molecule has 1 atom stereocenters. The standard InChI is InChI=1S/C12H19BrN2/c1-8(2)15-7-11-9(6-14)4-3-5-10(11)12(15)13/h7-9H,3-6,14H2,1-2H3. The third kappa shape index (κ3) is 1.87. The van der Waals surface area contributed by atoms with Crippen LogP contribution in [0.1, 0.15) is 49.8 Å². The first-order valence-electron chi connectivity index (χ1n) is 5.74. The number of hydrogen-bond donors (Lipinski definition) is 1. The number of fused-ring (bicyclic) bond motifs is 1. The fourth-order valence-electron chi connectivity index (χ4n) is 2.46. The minimum atomic E-state index is 0.517. The van der Waals surface area contributed by atoms with Gasteiger partial charge in [0.05, 0.1) is 4.60 Å². The van der Waals surface area contributed by atoms with Gasteiger partial charge in [-0.15, -0.1) is 0 Å². The molecule has 0 spiro atoms. The predicted molar refractivity (Wildman–Crippen MR) is 67.3 cm³/mol. The summed E-state index contributed by atoms with van der Waals surface area (Å²) in [6, 6.07) is 0.517. The van der Waals surface area contributed by atoms with Gasteiger partial charge in [0.15, 0.2) is 0 Å². The minimum Gasteiger partial charge on any atom is -0.339 e. The Kier molecular flexibility index (Phi) is 3.21. The van der Waals surface area contributed by atoms with Crippen LogP contribution in [-0.4, -0.2) is 11.1 Å². The SMILES string of the molecule is CC(C)n1cc2c(c1Br)CCCC2CN. The molecule has 1 heterocycles. The Balaban J connectivity index is 2.45. The first kappa shape index (κ1) is 11.2. The summed E-state index contributed by atoms with van der Waals surface area (Å²) in [5.41, 5.74) is 8.80. The zero-order chi connectivity index (χ0) is 11.0. The Morgan fingerprint density at radius 1 is 1.60 bits per heavy atom. The lowest BCUT2D eigenvalue weighted by atomic mass is 9.86. The normalized spacial score (nSPS) is 20.7. The molecule has 2 nitrogen and oxygen atoms in total. The lowest BCUT2D eigenvalue weighted by molar-refractivity contribution is 0.562. The van der Waals surface area contributed by atoms with Gasteiger partial charge in [0, 0.05) is 12.2 Å². The molecule has 0 radical (unpaired) electrons. The van der Waals surface area contributed by atoms with Crippen molar-refractivity contribution >= 4 is 15.9 Å². The topological polar surface area (TPSA) is 30.9 Å². The molecule has 0 saturated heterocycles. The molecule has 1 aromatic heterocycles. The molecule has 0 aliphatic heterocycles. The van der Waals surface area contributed by atoms with Crippen molar-refractivity contribution in [3.8, 4) is 0 Å². The summed E-state index contributed by atoms with van der Waals surface area (Å²) in [6.45, 7) is 5.21. The molecule has 0 fully saturated rings. The van der Waals surface area contributed by atoms with Crippen molar-refractivity contribution < 1.29 is 0 Å². The van der Waals surface area contributed by atoms with E-state index in [9.17, 15) is 0 Å². The molecule has 0 amide bonds. The zero-order valence-electron chi connectivity index (χ0n) is 9.46. The highest BCUT2D eigenvalue weighted by atomic mass is 79.9. The number of nitrogens with two attached hydrogens (primary N) is 1. The molecule has 2 N–H and O–H groups in total. The van der Waals surface area contributed by atoms with Crippen LogP contribution in [0.5, 0.6) is 0 Å². The van der Waals surface area contributed by atoms with Gasteiger partial charge in [-0.3, -0.25) is 0 Å². The van der Waals surface area contributed by atoms with Crippen molar-refractivity contribution in [2.75, 3.05) is 6.54 Å². The molecule has 0 aromatic carbocycles. The number of rotatable bonds is 2. The second kappa shape index (κ2) is 4.30. The maximum Gasteiger partial charge on any atom is 0.0884 e. The average molecular weight is 271 g/mol. The fraction of sp³-hybridized carbons (Fsp3) is 0.667. The summed E-state index contributed by atoms with van der Waals surface area (Å²) in [4.78, 5) is 0. The van der Waals surface area contributed by atoms with Crippen molar-refractivity contribution in [3.63, 3.8) is 0 Å². The number of hydrogen-bond acceptors (Lipinski definition) is 1. The monoisotopic (exact) mass is 270 g/mol. The second-order valence-electron chi connectivity index (χ2n) is 4.68. The highest BCUT2D eigenvalue weighted by molar-refractivity contribution is 9.10. The maximum atomic E-state index is 5.83. The van der Waals surface area contributed by atoms with Crippen LogP contribution in [0.2, 0.25) is 0 Å². The minimum absolute atomic E-state index is 0.517. The molecule has 0 saturated carbocycles. The van der Waals surface area contributed by atoms with Gasteiger partial charge in [-0.2, -0.15) is 0 Å².